The predicted molar refractivity (Wildman–Crippen MR) is 154 cm³/mol. The molecule has 1 heterocycles. The number of aliphatic hydroxyl groups excluding tert-OH is 3. The van der Waals surface area contributed by atoms with Crippen molar-refractivity contribution in [1.82, 2.24) is 10.6 Å². The van der Waals surface area contributed by atoms with Crippen LogP contribution in [0.1, 0.15) is 30.1 Å². The van der Waals surface area contributed by atoms with Crippen LogP contribution in [0.15, 0.2) is 42.5 Å². The summed E-state index contributed by atoms with van der Waals surface area (Å²) in [5.74, 6) is -3.67. The van der Waals surface area contributed by atoms with Gasteiger partial charge in [-0.3, -0.25) is 9.59 Å². The van der Waals surface area contributed by atoms with Crippen molar-refractivity contribution in [3.05, 3.63) is 60.2 Å². The molecule has 2 amide bonds. The third kappa shape index (κ3) is 8.89. The SMILES string of the molecule is CC(=O)NC1[C@H]([C@H](O)C(O)CNC(=O)c2c#cc(-c3ccccc3)cc2)O[C@@](OCCCSCCN)(C(=O)O)C[C@@H]1O. The topological polar surface area (TPSA) is 201 Å². The molecule has 3 rings (SSSR count). The molecular formula is C29H37N3O9S. The molecule has 228 valence electrons. The number of carboxylic acid groups (broad SMARTS) is 1. The van der Waals surface area contributed by atoms with Crippen LogP contribution in [0.25, 0.3) is 11.1 Å². The van der Waals surface area contributed by atoms with Gasteiger partial charge in [0.15, 0.2) is 0 Å². The van der Waals surface area contributed by atoms with E-state index < -0.39 is 67.0 Å². The van der Waals surface area contributed by atoms with Gasteiger partial charge in [0.2, 0.25) is 5.91 Å². The Bertz CT molecular complexity index is 1170. The first kappa shape index (κ1) is 33.3. The number of ether oxygens (including phenoxy) is 2. The first-order chi connectivity index (χ1) is 20.1. The average molecular weight is 604 g/mol. The van der Waals surface area contributed by atoms with Crippen molar-refractivity contribution in [2.75, 3.05) is 31.2 Å². The van der Waals surface area contributed by atoms with Gasteiger partial charge in [-0.05, 0) is 29.9 Å². The number of amides is 2. The van der Waals surface area contributed by atoms with Gasteiger partial charge < -0.3 is 46.3 Å². The highest BCUT2D eigenvalue weighted by molar-refractivity contribution is 7.99. The van der Waals surface area contributed by atoms with Gasteiger partial charge in [-0.2, -0.15) is 11.8 Å². The number of thioether (sulfide) groups is 1. The molecule has 1 aliphatic heterocycles. The lowest BCUT2D eigenvalue weighted by molar-refractivity contribution is -0.310. The summed E-state index contributed by atoms with van der Waals surface area (Å²) >= 11 is 1.57. The number of aliphatic hydroxyl groups is 3. The first-order valence-electron chi connectivity index (χ1n) is 13.5. The third-order valence-electron chi connectivity index (χ3n) is 6.58. The standard InChI is InChI=1S/C29H37N3O9S/c1-18(33)32-24-22(34)16-29(28(38)39,40-13-5-14-42-15-12-30)41-26(24)25(36)23(35)17-31-27(37)21-10-8-20(9-11-21)19-6-3-2-4-7-19/h2-4,6-8,10,22-26,34-36H,5,12-17,30H2,1H3,(H,31,37)(H,32,33)(H,38,39)/t22-,23?,24?,25+,26+,29+/m0/s1. The molecule has 0 aliphatic carbocycles. The third-order valence-corrected chi connectivity index (χ3v) is 7.68. The zero-order valence-corrected chi connectivity index (χ0v) is 24.0. The molecule has 8 N–H and O–H groups in total. The Morgan fingerprint density at radius 3 is 2.52 bits per heavy atom. The number of hydrogen-bond donors (Lipinski definition) is 7. The lowest BCUT2D eigenvalue weighted by Gasteiger charge is -2.46. The fourth-order valence-corrected chi connectivity index (χ4v) is 5.16. The average Bonchev–Trinajstić information content (AvgIpc) is 2.98. The van der Waals surface area contributed by atoms with Gasteiger partial charge >= 0.3 is 5.97 Å². The molecule has 13 heteroatoms. The maximum atomic E-state index is 12.7. The number of rotatable bonds is 15. The number of nitrogens with two attached hydrogens (primary N) is 1. The van der Waals surface area contributed by atoms with E-state index in [1.54, 1.807) is 17.8 Å². The molecule has 0 radical (unpaired) electrons. The Hall–Kier alpha value is -3.22. The molecule has 1 aliphatic rings. The number of nitrogens with one attached hydrogen (secondary N) is 2. The number of aliphatic carboxylic acids is 1. The van der Waals surface area contributed by atoms with E-state index in [1.807, 2.05) is 30.3 Å². The fraction of sp³-hybridized carbons (Fsp3) is 0.483. The Labute approximate surface area is 248 Å². The molecule has 0 aromatic heterocycles. The molecule has 0 bridgehead atoms. The van der Waals surface area contributed by atoms with E-state index in [1.165, 1.54) is 13.0 Å². The first-order valence-corrected chi connectivity index (χ1v) is 14.7. The van der Waals surface area contributed by atoms with Crippen molar-refractivity contribution in [1.29, 1.82) is 0 Å². The van der Waals surface area contributed by atoms with Gasteiger partial charge in [-0.1, -0.05) is 42.5 Å². The second-order valence-corrected chi connectivity index (χ2v) is 11.0. The lowest BCUT2D eigenvalue weighted by atomic mass is 9.88. The summed E-state index contributed by atoms with van der Waals surface area (Å²) in [7, 11) is 0. The van der Waals surface area contributed by atoms with Gasteiger partial charge in [0.1, 0.15) is 12.2 Å². The molecule has 6 atom stereocenters. The van der Waals surface area contributed by atoms with Crippen LogP contribution >= 0.6 is 11.8 Å². The molecule has 0 spiro atoms. The Morgan fingerprint density at radius 2 is 1.90 bits per heavy atom. The fourth-order valence-electron chi connectivity index (χ4n) is 4.47. The number of hydrogen-bond acceptors (Lipinski definition) is 10. The van der Waals surface area contributed by atoms with Crippen LogP contribution in [0.2, 0.25) is 0 Å². The monoisotopic (exact) mass is 603 g/mol. The van der Waals surface area contributed by atoms with Crippen molar-refractivity contribution >= 4 is 29.5 Å². The van der Waals surface area contributed by atoms with Crippen LogP contribution in [0.3, 0.4) is 0 Å². The van der Waals surface area contributed by atoms with Crippen LogP contribution in [0.4, 0.5) is 0 Å². The summed E-state index contributed by atoms with van der Waals surface area (Å²) < 4.78 is 11.3. The van der Waals surface area contributed by atoms with Crippen LogP contribution in [0.5, 0.6) is 0 Å². The second-order valence-electron chi connectivity index (χ2n) is 9.79. The normalized spacial score (nSPS) is 23.3. The summed E-state index contributed by atoms with van der Waals surface area (Å²) in [5.41, 5.74) is 7.24. The zero-order valence-electron chi connectivity index (χ0n) is 23.2. The Balaban J connectivity index is 1.67. The Morgan fingerprint density at radius 1 is 1.17 bits per heavy atom. The molecule has 1 saturated heterocycles. The molecule has 42 heavy (non-hydrogen) atoms. The van der Waals surface area contributed by atoms with E-state index in [2.05, 4.69) is 22.8 Å². The minimum Gasteiger partial charge on any atom is -0.477 e. The van der Waals surface area contributed by atoms with E-state index in [0.717, 1.165) is 16.9 Å². The molecule has 2 unspecified atom stereocenters. The van der Waals surface area contributed by atoms with Gasteiger partial charge in [-0.25, -0.2) is 4.79 Å². The van der Waals surface area contributed by atoms with Gasteiger partial charge in [0, 0.05) is 37.8 Å². The number of benzene rings is 1. The minimum absolute atomic E-state index is 0.0284. The predicted octanol–water partition coefficient (Wildman–Crippen LogP) is -0.0604. The van der Waals surface area contributed by atoms with Crippen LogP contribution < -0.4 is 16.4 Å². The summed E-state index contributed by atoms with van der Waals surface area (Å²) in [5, 5.41) is 47.5. The molecule has 2 aromatic rings. The van der Waals surface area contributed by atoms with Crippen molar-refractivity contribution in [3.63, 3.8) is 0 Å². The summed E-state index contributed by atoms with van der Waals surface area (Å²) in [6.45, 7) is 1.19. The largest absolute Gasteiger partial charge is 0.477 e. The molecule has 1 fully saturated rings. The highest BCUT2D eigenvalue weighted by atomic mass is 32.2. The van der Waals surface area contributed by atoms with Crippen LogP contribution in [-0.4, -0.2) is 106 Å². The van der Waals surface area contributed by atoms with Crippen molar-refractivity contribution < 1.29 is 44.3 Å². The lowest BCUT2D eigenvalue weighted by Crippen LogP contribution is -2.68. The Kier molecular flexibility index (Phi) is 12.6. The van der Waals surface area contributed by atoms with Crippen molar-refractivity contribution in [2.45, 2.75) is 56.0 Å². The van der Waals surface area contributed by atoms with Gasteiger partial charge in [0.05, 0.1) is 30.4 Å². The van der Waals surface area contributed by atoms with Crippen molar-refractivity contribution in [3.8, 4) is 11.1 Å². The van der Waals surface area contributed by atoms with E-state index in [9.17, 15) is 34.8 Å². The summed E-state index contributed by atoms with van der Waals surface area (Å²) in [6, 6.07) is 17.1. The van der Waals surface area contributed by atoms with Crippen LogP contribution in [0, 0.1) is 12.1 Å². The van der Waals surface area contributed by atoms with E-state index in [4.69, 9.17) is 15.2 Å². The number of carbonyl (C=O) groups excluding carboxylic acids is 2. The highest BCUT2D eigenvalue weighted by Crippen LogP contribution is 2.33. The van der Waals surface area contributed by atoms with E-state index in [-0.39, 0.29) is 12.2 Å². The highest BCUT2D eigenvalue weighted by Gasteiger charge is 2.55. The second kappa shape index (κ2) is 15.9. The zero-order chi connectivity index (χ0) is 30.7. The van der Waals surface area contributed by atoms with Crippen molar-refractivity contribution in [2.24, 2.45) is 5.73 Å². The molecule has 0 saturated carbocycles. The summed E-state index contributed by atoms with van der Waals surface area (Å²) in [4.78, 5) is 36.8. The minimum atomic E-state index is -2.34. The number of carboxylic acids is 1. The quantitative estimate of drug-likeness (QED) is 0.135. The van der Waals surface area contributed by atoms with E-state index >= 15 is 0 Å². The van der Waals surface area contributed by atoms with Gasteiger partial charge in [-0.15, -0.1) is 0 Å². The smallest absolute Gasteiger partial charge is 0.364 e. The summed E-state index contributed by atoms with van der Waals surface area (Å²) in [6.07, 6.45) is -6.68. The molecule has 12 nitrogen and oxygen atoms in total. The maximum absolute atomic E-state index is 12.7. The molecule has 2 aromatic carbocycles. The van der Waals surface area contributed by atoms with E-state index in [0.29, 0.717) is 18.7 Å². The molecular weight excluding hydrogens is 566 g/mol. The maximum Gasteiger partial charge on any atom is 0.364 e. The number of carbonyl (C=O) groups is 3. The van der Waals surface area contributed by atoms with Crippen LogP contribution in [-0.2, 0) is 19.1 Å². The van der Waals surface area contributed by atoms with Gasteiger partial charge in [0.25, 0.3) is 11.7 Å².